The van der Waals surface area contributed by atoms with Crippen LogP contribution in [0.1, 0.15) is 50.7 Å². The number of carbonyl (C=O) groups excluding carboxylic acids is 1. The van der Waals surface area contributed by atoms with Crippen LogP contribution in [-0.4, -0.2) is 42.3 Å². The minimum Gasteiger partial charge on any atom is -0.481 e. The highest BCUT2D eigenvalue weighted by Crippen LogP contribution is 2.29. The van der Waals surface area contributed by atoms with E-state index in [1.165, 1.54) is 28.6 Å². The molecule has 1 amide bonds. The predicted molar refractivity (Wildman–Crippen MR) is 127 cm³/mol. The average Bonchev–Trinajstić information content (AvgIpc) is 2.96. The molecule has 7 nitrogen and oxygen atoms in total. The Balaban J connectivity index is 1.95. The van der Waals surface area contributed by atoms with Gasteiger partial charge in [0, 0.05) is 23.5 Å². The predicted octanol–water partition coefficient (Wildman–Crippen LogP) is 3.95. The minimum absolute atomic E-state index is 0.0166. The molecule has 0 spiro atoms. The standard InChI is InChI=1S/C24H29ClN2O5S/c1-24(2,15-22(28)29)18-8-6-17(7-9-18)16-27(21-5-3-4-14-26-23(21)30)33(31,32)20-12-10-19(25)11-13-20/h6-13,21H,3-5,14-16H2,1-2H3,(H,26,30)(H,28,29)/t21-/m1/s1. The first-order valence-electron chi connectivity index (χ1n) is 10.9. The summed E-state index contributed by atoms with van der Waals surface area (Å²) in [6, 6.07) is 12.3. The lowest BCUT2D eigenvalue weighted by molar-refractivity contribution is -0.138. The third kappa shape index (κ3) is 6.13. The molecule has 0 aromatic heterocycles. The molecule has 33 heavy (non-hydrogen) atoms. The van der Waals surface area contributed by atoms with Gasteiger partial charge >= 0.3 is 5.97 Å². The summed E-state index contributed by atoms with van der Waals surface area (Å²) in [7, 11) is -3.98. The fourth-order valence-electron chi connectivity index (χ4n) is 4.02. The average molecular weight is 493 g/mol. The Hall–Kier alpha value is -2.42. The number of carbonyl (C=O) groups is 2. The lowest BCUT2D eigenvalue weighted by atomic mass is 9.81. The number of rotatable bonds is 8. The van der Waals surface area contributed by atoms with Gasteiger partial charge in [-0.2, -0.15) is 4.31 Å². The van der Waals surface area contributed by atoms with Crippen LogP contribution < -0.4 is 5.32 Å². The Bertz CT molecular complexity index is 1100. The first-order valence-corrected chi connectivity index (χ1v) is 12.7. The summed E-state index contributed by atoms with van der Waals surface area (Å²) in [4.78, 5) is 24.0. The van der Waals surface area contributed by atoms with E-state index in [9.17, 15) is 23.1 Å². The second-order valence-electron chi connectivity index (χ2n) is 8.96. The number of nitrogens with zero attached hydrogens (tertiary/aromatic N) is 1. The van der Waals surface area contributed by atoms with Crippen molar-refractivity contribution in [3.63, 3.8) is 0 Å². The molecule has 2 aromatic rings. The molecule has 1 atom stereocenters. The molecule has 1 aliphatic heterocycles. The van der Waals surface area contributed by atoms with Gasteiger partial charge in [0.15, 0.2) is 0 Å². The molecular formula is C24H29ClN2O5S. The maximum absolute atomic E-state index is 13.6. The van der Waals surface area contributed by atoms with Crippen molar-refractivity contribution in [3.05, 3.63) is 64.7 Å². The molecule has 1 aliphatic rings. The van der Waals surface area contributed by atoms with Crippen molar-refractivity contribution in [1.82, 2.24) is 9.62 Å². The third-order valence-electron chi connectivity index (χ3n) is 5.94. The van der Waals surface area contributed by atoms with Gasteiger partial charge in [-0.25, -0.2) is 8.42 Å². The molecular weight excluding hydrogens is 464 g/mol. The number of amides is 1. The van der Waals surface area contributed by atoms with Gasteiger partial charge in [-0.15, -0.1) is 0 Å². The van der Waals surface area contributed by atoms with E-state index in [1.54, 1.807) is 12.1 Å². The highest BCUT2D eigenvalue weighted by atomic mass is 35.5. The molecule has 0 unspecified atom stereocenters. The normalized spacial score (nSPS) is 17.5. The fraction of sp³-hybridized carbons (Fsp3) is 0.417. The van der Waals surface area contributed by atoms with Crippen LogP contribution in [0.4, 0.5) is 0 Å². The molecule has 2 N–H and O–H groups in total. The zero-order chi connectivity index (χ0) is 24.2. The lowest BCUT2D eigenvalue weighted by Gasteiger charge is -2.29. The van der Waals surface area contributed by atoms with Crippen LogP contribution in [0.2, 0.25) is 5.02 Å². The van der Waals surface area contributed by atoms with Crippen molar-refractivity contribution in [1.29, 1.82) is 0 Å². The van der Waals surface area contributed by atoms with Crippen molar-refractivity contribution in [3.8, 4) is 0 Å². The zero-order valence-electron chi connectivity index (χ0n) is 18.8. The summed E-state index contributed by atoms with van der Waals surface area (Å²) in [5.74, 6) is -1.19. The van der Waals surface area contributed by atoms with E-state index in [2.05, 4.69) is 5.32 Å². The monoisotopic (exact) mass is 492 g/mol. The molecule has 178 valence electrons. The molecule has 3 rings (SSSR count). The van der Waals surface area contributed by atoms with E-state index < -0.39 is 27.4 Å². The van der Waals surface area contributed by atoms with Gasteiger partial charge in [-0.3, -0.25) is 9.59 Å². The molecule has 9 heteroatoms. The number of carboxylic acids is 1. The molecule has 1 heterocycles. The third-order valence-corrected chi connectivity index (χ3v) is 8.06. The number of carboxylic acid groups (broad SMARTS) is 1. The molecule has 0 bridgehead atoms. The van der Waals surface area contributed by atoms with Crippen molar-refractivity contribution < 1.29 is 23.1 Å². The summed E-state index contributed by atoms with van der Waals surface area (Å²) in [5.41, 5.74) is 0.980. The topological polar surface area (TPSA) is 104 Å². The van der Waals surface area contributed by atoms with E-state index in [0.717, 1.165) is 18.4 Å². The molecule has 1 fully saturated rings. The Morgan fingerprint density at radius 2 is 1.76 bits per heavy atom. The molecule has 0 radical (unpaired) electrons. The van der Waals surface area contributed by atoms with Crippen LogP contribution >= 0.6 is 11.6 Å². The summed E-state index contributed by atoms with van der Waals surface area (Å²) in [6.45, 7) is 4.24. The highest BCUT2D eigenvalue weighted by Gasteiger charge is 2.36. The van der Waals surface area contributed by atoms with Crippen LogP contribution in [0.3, 0.4) is 0 Å². The van der Waals surface area contributed by atoms with Gasteiger partial charge < -0.3 is 10.4 Å². The largest absolute Gasteiger partial charge is 0.481 e. The lowest BCUT2D eigenvalue weighted by Crippen LogP contribution is -2.48. The van der Waals surface area contributed by atoms with Crippen molar-refractivity contribution in [2.24, 2.45) is 0 Å². The summed E-state index contributed by atoms with van der Waals surface area (Å²) < 4.78 is 28.4. The number of benzene rings is 2. The van der Waals surface area contributed by atoms with E-state index in [-0.39, 0.29) is 23.8 Å². The Kier molecular flexibility index (Phi) is 7.82. The van der Waals surface area contributed by atoms with Crippen molar-refractivity contribution >= 4 is 33.5 Å². The SMILES string of the molecule is CC(C)(CC(=O)O)c1ccc(CN([C@@H]2CCCCNC2=O)S(=O)(=O)c2ccc(Cl)cc2)cc1. The number of hydrogen-bond acceptors (Lipinski definition) is 4. The smallest absolute Gasteiger partial charge is 0.304 e. The fourth-order valence-corrected chi connectivity index (χ4v) is 5.76. The summed E-state index contributed by atoms with van der Waals surface area (Å²) in [6.07, 6.45) is 1.94. The molecule has 1 saturated heterocycles. The van der Waals surface area contributed by atoms with Gasteiger partial charge in [-0.1, -0.05) is 49.7 Å². The van der Waals surface area contributed by atoms with Crippen LogP contribution in [0.5, 0.6) is 0 Å². The number of halogens is 1. The molecule has 0 aliphatic carbocycles. The first-order chi connectivity index (χ1) is 15.5. The van der Waals surface area contributed by atoms with Crippen LogP contribution in [0.15, 0.2) is 53.4 Å². The van der Waals surface area contributed by atoms with E-state index >= 15 is 0 Å². The second kappa shape index (κ2) is 10.2. The van der Waals surface area contributed by atoms with E-state index in [4.69, 9.17) is 11.6 Å². The van der Waals surface area contributed by atoms with Gasteiger partial charge in [0.2, 0.25) is 15.9 Å². The number of nitrogens with one attached hydrogen (secondary N) is 1. The van der Waals surface area contributed by atoms with Gasteiger partial charge in [-0.05, 0) is 54.7 Å². The maximum atomic E-state index is 13.6. The van der Waals surface area contributed by atoms with Crippen LogP contribution in [0.25, 0.3) is 0 Å². The zero-order valence-corrected chi connectivity index (χ0v) is 20.3. The van der Waals surface area contributed by atoms with E-state index in [0.29, 0.717) is 23.6 Å². The number of sulfonamides is 1. The molecule has 0 saturated carbocycles. The second-order valence-corrected chi connectivity index (χ2v) is 11.3. The highest BCUT2D eigenvalue weighted by molar-refractivity contribution is 7.89. The van der Waals surface area contributed by atoms with Crippen molar-refractivity contribution in [2.75, 3.05) is 6.54 Å². The quantitative estimate of drug-likeness (QED) is 0.580. The Morgan fingerprint density at radius 1 is 1.12 bits per heavy atom. The van der Waals surface area contributed by atoms with E-state index in [1.807, 2.05) is 26.0 Å². The Labute approximate surface area is 199 Å². The van der Waals surface area contributed by atoms with Crippen LogP contribution in [-0.2, 0) is 31.6 Å². The maximum Gasteiger partial charge on any atom is 0.304 e. The number of hydrogen-bond donors (Lipinski definition) is 2. The van der Waals surface area contributed by atoms with Crippen molar-refractivity contribution in [2.45, 2.75) is 62.4 Å². The Morgan fingerprint density at radius 3 is 2.36 bits per heavy atom. The van der Waals surface area contributed by atoms with Gasteiger partial charge in [0.25, 0.3) is 0 Å². The first kappa shape index (κ1) is 25.2. The number of aliphatic carboxylic acids is 1. The van der Waals surface area contributed by atoms with Gasteiger partial charge in [0.1, 0.15) is 6.04 Å². The van der Waals surface area contributed by atoms with Gasteiger partial charge in [0.05, 0.1) is 11.3 Å². The molecule has 2 aromatic carbocycles. The van der Waals surface area contributed by atoms with Crippen LogP contribution in [0, 0.1) is 0 Å². The summed E-state index contributed by atoms with van der Waals surface area (Å²) >= 11 is 5.94. The minimum atomic E-state index is -3.98. The summed E-state index contributed by atoms with van der Waals surface area (Å²) in [5, 5.41) is 12.4.